The third-order valence-electron chi connectivity index (χ3n) is 3.89. The molecule has 0 spiro atoms. The number of carbonyl (C=O) groups is 1. The number of hydrogen-bond acceptors (Lipinski definition) is 3. The van der Waals surface area contributed by atoms with Crippen molar-refractivity contribution in [2.24, 2.45) is 5.41 Å². The Kier molecular flexibility index (Phi) is 4.63. The van der Waals surface area contributed by atoms with Crippen LogP contribution in [0.3, 0.4) is 0 Å². The second-order valence-electron chi connectivity index (χ2n) is 6.88. The first-order chi connectivity index (χ1) is 10.1. The standard InChI is InChI=1S/C16H24N2O3S/c1-12-5-7-15(8-6-12)22(20,21)18-10-14(17-13(2)19)9-16(3,4)11-18/h5-8,14H,9-11H2,1-4H3,(H,17,19). The van der Waals surface area contributed by atoms with Crippen LogP contribution >= 0.6 is 0 Å². The highest BCUT2D eigenvalue weighted by Crippen LogP contribution is 2.32. The van der Waals surface area contributed by atoms with Gasteiger partial charge in [0.05, 0.1) is 4.90 Å². The summed E-state index contributed by atoms with van der Waals surface area (Å²) < 4.78 is 27.1. The lowest BCUT2D eigenvalue weighted by Gasteiger charge is -2.41. The summed E-state index contributed by atoms with van der Waals surface area (Å²) in [6, 6.07) is 6.72. The maximum Gasteiger partial charge on any atom is 0.243 e. The van der Waals surface area contributed by atoms with Gasteiger partial charge in [0.15, 0.2) is 0 Å². The minimum Gasteiger partial charge on any atom is -0.352 e. The quantitative estimate of drug-likeness (QED) is 0.924. The lowest BCUT2D eigenvalue weighted by molar-refractivity contribution is -0.120. The van der Waals surface area contributed by atoms with Gasteiger partial charge in [-0.15, -0.1) is 0 Å². The Morgan fingerprint density at radius 2 is 1.86 bits per heavy atom. The number of benzene rings is 1. The largest absolute Gasteiger partial charge is 0.352 e. The molecule has 1 fully saturated rings. The van der Waals surface area contributed by atoms with Crippen molar-refractivity contribution in [3.8, 4) is 0 Å². The SMILES string of the molecule is CC(=O)NC1CN(S(=O)(=O)c2ccc(C)cc2)CC(C)(C)C1. The molecule has 0 aliphatic carbocycles. The van der Waals surface area contributed by atoms with Crippen molar-refractivity contribution in [1.29, 1.82) is 0 Å². The maximum atomic E-state index is 12.8. The van der Waals surface area contributed by atoms with E-state index in [1.54, 1.807) is 24.3 Å². The molecule has 6 heteroatoms. The van der Waals surface area contributed by atoms with Gasteiger partial charge in [-0.1, -0.05) is 31.5 Å². The van der Waals surface area contributed by atoms with Gasteiger partial charge in [-0.3, -0.25) is 4.79 Å². The first kappa shape index (κ1) is 17.0. The van der Waals surface area contributed by atoms with Crippen LogP contribution in [0, 0.1) is 12.3 Å². The number of carbonyl (C=O) groups excluding carboxylic acids is 1. The summed E-state index contributed by atoms with van der Waals surface area (Å²) in [5, 5.41) is 2.85. The zero-order valence-corrected chi connectivity index (χ0v) is 14.4. The Hall–Kier alpha value is -1.40. The minimum absolute atomic E-state index is 0.129. The second-order valence-corrected chi connectivity index (χ2v) is 8.81. The highest BCUT2D eigenvalue weighted by Gasteiger charge is 2.38. The molecular formula is C16H24N2O3S. The summed E-state index contributed by atoms with van der Waals surface area (Å²) in [6.45, 7) is 8.21. The predicted octanol–water partition coefficient (Wildman–Crippen LogP) is 1.92. The van der Waals surface area contributed by atoms with Gasteiger partial charge in [-0.2, -0.15) is 4.31 Å². The Labute approximate surface area is 132 Å². The molecule has 1 atom stereocenters. The van der Waals surface area contributed by atoms with E-state index in [4.69, 9.17) is 0 Å². The van der Waals surface area contributed by atoms with Crippen molar-refractivity contribution in [3.05, 3.63) is 29.8 Å². The Balaban J connectivity index is 2.28. The first-order valence-electron chi connectivity index (χ1n) is 7.44. The van der Waals surface area contributed by atoms with Crippen LogP contribution < -0.4 is 5.32 Å². The molecule has 1 N–H and O–H groups in total. The van der Waals surface area contributed by atoms with Crippen molar-refractivity contribution in [2.75, 3.05) is 13.1 Å². The molecule has 5 nitrogen and oxygen atoms in total. The van der Waals surface area contributed by atoms with Gasteiger partial charge in [0.25, 0.3) is 0 Å². The van der Waals surface area contributed by atoms with E-state index in [9.17, 15) is 13.2 Å². The lowest BCUT2D eigenvalue weighted by atomic mass is 9.83. The zero-order chi connectivity index (χ0) is 16.5. The van der Waals surface area contributed by atoms with Crippen molar-refractivity contribution >= 4 is 15.9 Å². The molecule has 0 radical (unpaired) electrons. The maximum absolute atomic E-state index is 12.8. The second kappa shape index (κ2) is 6.01. The average Bonchev–Trinajstić information content (AvgIpc) is 2.36. The number of sulfonamides is 1. The Morgan fingerprint density at radius 3 is 2.41 bits per heavy atom. The molecule has 1 aliphatic heterocycles. The molecule has 1 aromatic rings. The number of nitrogens with one attached hydrogen (secondary N) is 1. The van der Waals surface area contributed by atoms with E-state index in [1.165, 1.54) is 11.2 Å². The summed E-state index contributed by atoms with van der Waals surface area (Å²) in [5.41, 5.74) is 0.845. The third-order valence-corrected chi connectivity index (χ3v) is 5.72. The molecule has 1 amide bonds. The van der Waals surface area contributed by atoms with Crippen LogP contribution in [0.4, 0.5) is 0 Å². The molecule has 1 saturated heterocycles. The van der Waals surface area contributed by atoms with Crippen LogP contribution in [0.1, 0.15) is 32.8 Å². The Morgan fingerprint density at radius 1 is 1.27 bits per heavy atom. The van der Waals surface area contributed by atoms with Gasteiger partial charge in [0.2, 0.25) is 15.9 Å². The molecule has 1 aliphatic rings. The van der Waals surface area contributed by atoms with E-state index in [0.29, 0.717) is 18.0 Å². The smallest absolute Gasteiger partial charge is 0.243 e. The highest BCUT2D eigenvalue weighted by atomic mass is 32.2. The summed E-state index contributed by atoms with van der Waals surface area (Å²) in [6.07, 6.45) is 0.770. The lowest BCUT2D eigenvalue weighted by Crippen LogP contribution is -2.54. The van der Waals surface area contributed by atoms with Crippen molar-refractivity contribution in [2.45, 2.75) is 45.1 Å². The third kappa shape index (κ3) is 3.87. The highest BCUT2D eigenvalue weighted by molar-refractivity contribution is 7.89. The van der Waals surface area contributed by atoms with E-state index in [1.807, 2.05) is 20.8 Å². The fourth-order valence-corrected chi connectivity index (χ4v) is 4.68. The first-order valence-corrected chi connectivity index (χ1v) is 8.88. The van der Waals surface area contributed by atoms with Crippen LogP contribution in [0.25, 0.3) is 0 Å². The van der Waals surface area contributed by atoms with E-state index in [-0.39, 0.29) is 17.4 Å². The normalized spacial score (nSPS) is 22.3. The summed E-state index contributed by atoms with van der Waals surface area (Å²) in [7, 11) is -3.54. The van der Waals surface area contributed by atoms with Gasteiger partial charge >= 0.3 is 0 Å². The molecule has 1 unspecified atom stereocenters. The van der Waals surface area contributed by atoms with Crippen LogP contribution in [0.5, 0.6) is 0 Å². The van der Waals surface area contributed by atoms with Crippen LogP contribution in [-0.4, -0.2) is 37.8 Å². The van der Waals surface area contributed by atoms with E-state index >= 15 is 0 Å². The van der Waals surface area contributed by atoms with Crippen molar-refractivity contribution < 1.29 is 13.2 Å². The topological polar surface area (TPSA) is 66.5 Å². The number of amides is 1. The fraction of sp³-hybridized carbons (Fsp3) is 0.562. The molecule has 122 valence electrons. The van der Waals surface area contributed by atoms with Gasteiger partial charge in [-0.05, 0) is 30.9 Å². The number of piperidine rings is 1. The van der Waals surface area contributed by atoms with Crippen LogP contribution in [0.15, 0.2) is 29.2 Å². The monoisotopic (exact) mass is 324 g/mol. The van der Waals surface area contributed by atoms with Crippen molar-refractivity contribution in [3.63, 3.8) is 0 Å². The minimum atomic E-state index is -3.54. The zero-order valence-electron chi connectivity index (χ0n) is 13.6. The molecule has 1 aromatic carbocycles. The number of aryl methyl sites for hydroxylation is 1. The van der Waals surface area contributed by atoms with Gasteiger partial charge < -0.3 is 5.32 Å². The fourth-order valence-electron chi connectivity index (χ4n) is 3.01. The number of hydrogen-bond donors (Lipinski definition) is 1. The van der Waals surface area contributed by atoms with E-state index < -0.39 is 10.0 Å². The number of nitrogens with zero attached hydrogens (tertiary/aromatic N) is 1. The van der Waals surface area contributed by atoms with Gasteiger partial charge in [0.1, 0.15) is 0 Å². The number of rotatable bonds is 3. The summed E-state index contributed by atoms with van der Waals surface area (Å²) in [5.74, 6) is -0.129. The molecule has 0 bridgehead atoms. The Bertz CT molecular complexity index is 650. The summed E-state index contributed by atoms with van der Waals surface area (Å²) in [4.78, 5) is 11.6. The van der Waals surface area contributed by atoms with Gasteiger partial charge in [-0.25, -0.2) is 8.42 Å². The molecule has 1 heterocycles. The van der Waals surface area contributed by atoms with Crippen LogP contribution in [0.2, 0.25) is 0 Å². The van der Waals surface area contributed by atoms with E-state index in [2.05, 4.69) is 5.32 Å². The molecule has 0 saturated carbocycles. The predicted molar refractivity (Wildman–Crippen MR) is 85.9 cm³/mol. The summed E-state index contributed by atoms with van der Waals surface area (Å²) >= 11 is 0. The molecule has 2 rings (SSSR count). The van der Waals surface area contributed by atoms with Crippen molar-refractivity contribution in [1.82, 2.24) is 9.62 Å². The average molecular weight is 324 g/mol. The van der Waals surface area contributed by atoms with Crippen LogP contribution in [-0.2, 0) is 14.8 Å². The molecule has 0 aromatic heterocycles. The molecular weight excluding hydrogens is 300 g/mol. The molecule has 22 heavy (non-hydrogen) atoms. The van der Waals surface area contributed by atoms with Gasteiger partial charge in [0, 0.05) is 26.1 Å². The van der Waals surface area contributed by atoms with E-state index in [0.717, 1.165) is 12.0 Å².